The molecule has 7 nitrogen and oxygen atoms in total. The monoisotopic (exact) mass is 381 g/mol. The van der Waals surface area contributed by atoms with Crippen LogP contribution in [0.15, 0.2) is 27.5 Å². The van der Waals surface area contributed by atoms with Crippen LogP contribution in [0.1, 0.15) is 12.8 Å². The molecule has 1 aromatic carbocycles. The normalized spacial score (nSPS) is 18.3. The molecule has 2 heterocycles. The van der Waals surface area contributed by atoms with Crippen LogP contribution in [0, 0.1) is 16.0 Å². The van der Waals surface area contributed by atoms with Crippen LogP contribution in [-0.2, 0) is 0 Å². The highest BCUT2D eigenvalue weighted by Crippen LogP contribution is 2.36. The number of hydrogen-bond acceptors (Lipinski definition) is 5. The number of pyridine rings is 1. The maximum atomic E-state index is 12.2. The number of nitro groups is 1. The van der Waals surface area contributed by atoms with Gasteiger partial charge in [0.2, 0.25) is 0 Å². The van der Waals surface area contributed by atoms with Crippen molar-refractivity contribution in [3.63, 3.8) is 0 Å². The molecule has 1 aromatic heterocycles. The van der Waals surface area contributed by atoms with Crippen LogP contribution in [-0.4, -0.2) is 34.7 Å². The minimum Gasteiger partial charge on any atom is -0.396 e. The predicted octanol–water partition coefficient (Wildman–Crippen LogP) is 2.41. The molecule has 1 fully saturated rings. The van der Waals surface area contributed by atoms with E-state index in [9.17, 15) is 20.0 Å². The van der Waals surface area contributed by atoms with Gasteiger partial charge in [0, 0.05) is 29.6 Å². The minimum absolute atomic E-state index is 0.0368. The number of piperidine rings is 1. The van der Waals surface area contributed by atoms with Gasteiger partial charge in [-0.25, -0.2) is 0 Å². The summed E-state index contributed by atoms with van der Waals surface area (Å²) >= 11 is 3.38. The van der Waals surface area contributed by atoms with E-state index in [0.717, 1.165) is 17.3 Å². The van der Waals surface area contributed by atoms with Crippen molar-refractivity contribution >= 4 is 38.2 Å². The van der Waals surface area contributed by atoms with E-state index >= 15 is 0 Å². The van der Waals surface area contributed by atoms with Crippen LogP contribution >= 0.6 is 15.9 Å². The van der Waals surface area contributed by atoms with Crippen molar-refractivity contribution in [2.75, 3.05) is 24.6 Å². The Morgan fingerprint density at radius 3 is 2.96 bits per heavy atom. The van der Waals surface area contributed by atoms with Crippen molar-refractivity contribution in [2.24, 2.45) is 5.92 Å². The Morgan fingerprint density at radius 2 is 2.26 bits per heavy atom. The maximum Gasteiger partial charge on any atom is 0.357 e. The van der Waals surface area contributed by atoms with Crippen LogP contribution in [0.25, 0.3) is 10.9 Å². The largest absolute Gasteiger partial charge is 0.396 e. The van der Waals surface area contributed by atoms with Gasteiger partial charge in [0.25, 0.3) is 0 Å². The molecule has 0 spiro atoms. The fraction of sp³-hybridized carbons (Fsp3) is 0.400. The molecule has 2 aromatic rings. The Morgan fingerprint density at radius 1 is 1.48 bits per heavy atom. The number of nitrogens with zero attached hydrogens (tertiary/aromatic N) is 2. The molecule has 0 amide bonds. The molecule has 122 valence electrons. The second kappa shape index (κ2) is 6.29. The van der Waals surface area contributed by atoms with E-state index in [1.165, 1.54) is 0 Å². The zero-order valence-corrected chi connectivity index (χ0v) is 13.9. The molecular weight excluding hydrogens is 366 g/mol. The summed E-state index contributed by atoms with van der Waals surface area (Å²) in [5.41, 5.74) is -0.238. The number of aliphatic hydroxyl groups excluding tert-OH is 1. The number of aromatic nitrogens is 1. The smallest absolute Gasteiger partial charge is 0.357 e. The molecule has 1 saturated heterocycles. The van der Waals surface area contributed by atoms with Crippen LogP contribution in [0.4, 0.5) is 11.4 Å². The highest BCUT2D eigenvalue weighted by atomic mass is 79.9. The topological polar surface area (TPSA) is 99.5 Å². The lowest BCUT2D eigenvalue weighted by molar-refractivity contribution is -0.385. The lowest BCUT2D eigenvalue weighted by Crippen LogP contribution is -2.38. The molecule has 23 heavy (non-hydrogen) atoms. The van der Waals surface area contributed by atoms with E-state index in [0.29, 0.717) is 29.7 Å². The first-order valence-electron chi connectivity index (χ1n) is 7.37. The Kier molecular flexibility index (Phi) is 4.36. The summed E-state index contributed by atoms with van der Waals surface area (Å²) in [4.78, 5) is 27.5. The van der Waals surface area contributed by atoms with E-state index in [1.807, 2.05) is 4.90 Å². The summed E-state index contributed by atoms with van der Waals surface area (Å²) in [5.74, 6) is 0.0600. The van der Waals surface area contributed by atoms with Crippen molar-refractivity contribution in [2.45, 2.75) is 12.8 Å². The van der Waals surface area contributed by atoms with E-state index in [2.05, 4.69) is 20.9 Å². The average Bonchev–Trinajstić information content (AvgIpc) is 2.53. The van der Waals surface area contributed by atoms with Crippen LogP contribution in [0.3, 0.4) is 0 Å². The Balaban J connectivity index is 2.26. The van der Waals surface area contributed by atoms with Gasteiger partial charge < -0.3 is 15.0 Å². The number of hydrogen-bond donors (Lipinski definition) is 2. The number of aromatic amines is 1. The first-order valence-corrected chi connectivity index (χ1v) is 8.16. The molecule has 1 aliphatic heterocycles. The zero-order chi connectivity index (χ0) is 16.6. The van der Waals surface area contributed by atoms with Gasteiger partial charge in [-0.05, 0) is 37.0 Å². The van der Waals surface area contributed by atoms with Gasteiger partial charge in [-0.1, -0.05) is 15.9 Å². The fourth-order valence-electron chi connectivity index (χ4n) is 3.14. The van der Waals surface area contributed by atoms with Crippen molar-refractivity contribution in [3.8, 4) is 0 Å². The molecular formula is C15H16BrN3O4. The molecule has 2 N–H and O–H groups in total. The van der Waals surface area contributed by atoms with Crippen LogP contribution in [0.2, 0.25) is 0 Å². The molecule has 1 aliphatic rings. The van der Waals surface area contributed by atoms with E-state index in [4.69, 9.17) is 0 Å². The second-order valence-electron chi connectivity index (χ2n) is 5.74. The third-order valence-electron chi connectivity index (χ3n) is 4.20. The Hall–Kier alpha value is -1.93. The van der Waals surface area contributed by atoms with Crippen molar-refractivity contribution < 1.29 is 10.0 Å². The number of anilines is 1. The van der Waals surface area contributed by atoms with E-state index in [-0.39, 0.29) is 12.5 Å². The second-order valence-corrected chi connectivity index (χ2v) is 6.65. The molecule has 1 atom stereocenters. The number of nitrogens with one attached hydrogen (secondary N) is 1. The van der Waals surface area contributed by atoms with Gasteiger partial charge in [0.15, 0.2) is 0 Å². The number of aliphatic hydroxyl groups is 1. The number of benzene rings is 1. The standard InChI is InChI=1S/C15H16BrN3O4/c16-10-3-4-12-11(6-10)13(14(19(22)23)15(21)17-12)18-5-1-2-9(7-18)8-20/h3-4,6,9,20H,1-2,5,7-8H2,(H,17,21). The molecule has 0 saturated carbocycles. The highest BCUT2D eigenvalue weighted by Gasteiger charge is 2.30. The summed E-state index contributed by atoms with van der Waals surface area (Å²) in [6, 6.07) is 5.28. The van der Waals surface area contributed by atoms with Gasteiger partial charge in [-0.15, -0.1) is 0 Å². The van der Waals surface area contributed by atoms with Crippen molar-refractivity contribution in [3.05, 3.63) is 43.1 Å². The summed E-state index contributed by atoms with van der Waals surface area (Å²) in [6.07, 6.45) is 1.70. The molecule has 0 aliphatic carbocycles. The van der Waals surface area contributed by atoms with Gasteiger partial charge in [-0.3, -0.25) is 14.9 Å². The first kappa shape index (κ1) is 15.9. The maximum absolute atomic E-state index is 12.2. The third-order valence-corrected chi connectivity index (χ3v) is 4.69. The highest BCUT2D eigenvalue weighted by molar-refractivity contribution is 9.10. The molecule has 0 bridgehead atoms. The van der Waals surface area contributed by atoms with Crippen molar-refractivity contribution in [1.29, 1.82) is 0 Å². The molecule has 3 rings (SSSR count). The number of rotatable bonds is 3. The summed E-state index contributed by atoms with van der Waals surface area (Å²) in [7, 11) is 0. The average molecular weight is 382 g/mol. The summed E-state index contributed by atoms with van der Waals surface area (Å²) in [6.45, 7) is 1.17. The first-order chi connectivity index (χ1) is 11.0. The fourth-order valence-corrected chi connectivity index (χ4v) is 3.51. The lowest BCUT2D eigenvalue weighted by atomic mass is 9.97. The predicted molar refractivity (Wildman–Crippen MR) is 90.9 cm³/mol. The zero-order valence-electron chi connectivity index (χ0n) is 12.3. The SMILES string of the molecule is O=c1[nH]c2ccc(Br)cc2c(N2CCCC(CO)C2)c1[N+](=O)[O-]. The van der Waals surface area contributed by atoms with Gasteiger partial charge in [0.05, 0.1) is 10.4 Å². The number of H-pyrrole nitrogens is 1. The van der Waals surface area contributed by atoms with Gasteiger partial charge >= 0.3 is 11.2 Å². The summed E-state index contributed by atoms with van der Waals surface area (Å²) in [5, 5.41) is 21.5. The third kappa shape index (κ3) is 2.96. The van der Waals surface area contributed by atoms with Crippen molar-refractivity contribution in [1.82, 2.24) is 4.98 Å². The quantitative estimate of drug-likeness (QED) is 0.627. The van der Waals surface area contributed by atoms with Gasteiger partial charge in [-0.2, -0.15) is 0 Å². The van der Waals surface area contributed by atoms with Crippen LogP contribution < -0.4 is 10.5 Å². The van der Waals surface area contributed by atoms with E-state index in [1.54, 1.807) is 18.2 Å². The molecule has 0 radical (unpaired) electrons. The Labute approximate surface area is 140 Å². The molecule has 8 heteroatoms. The number of fused-ring (bicyclic) bond motifs is 1. The number of halogens is 1. The van der Waals surface area contributed by atoms with Gasteiger partial charge in [0.1, 0.15) is 5.69 Å². The van der Waals surface area contributed by atoms with Crippen LogP contribution in [0.5, 0.6) is 0 Å². The lowest BCUT2D eigenvalue weighted by Gasteiger charge is -2.33. The minimum atomic E-state index is -0.703. The van der Waals surface area contributed by atoms with E-state index < -0.39 is 16.2 Å². The molecule has 1 unspecified atom stereocenters. The summed E-state index contributed by atoms with van der Waals surface area (Å²) < 4.78 is 0.781. The Bertz CT molecular complexity index is 820.